The first kappa shape index (κ1) is 14.7. The number of rotatable bonds is 4. The van der Waals surface area contributed by atoms with E-state index in [1.165, 1.54) is 4.68 Å². The van der Waals surface area contributed by atoms with Gasteiger partial charge in [0.1, 0.15) is 5.69 Å². The SMILES string of the molecule is CC(C)c1nn(C)c(N2CCOCC2CO)c1[N+](=O)[O-]. The van der Waals surface area contributed by atoms with Crippen molar-refractivity contribution in [3.8, 4) is 0 Å². The van der Waals surface area contributed by atoms with Crippen LogP contribution >= 0.6 is 0 Å². The summed E-state index contributed by atoms with van der Waals surface area (Å²) in [6.45, 7) is 4.98. The molecule has 1 atom stereocenters. The van der Waals surface area contributed by atoms with E-state index in [1.807, 2.05) is 18.7 Å². The second-order valence-corrected chi connectivity index (χ2v) is 5.20. The molecule has 0 spiro atoms. The molecule has 0 aliphatic carbocycles. The van der Waals surface area contributed by atoms with Crippen LogP contribution in [0.3, 0.4) is 0 Å². The van der Waals surface area contributed by atoms with E-state index in [2.05, 4.69) is 5.10 Å². The number of nitro groups is 1. The van der Waals surface area contributed by atoms with Crippen LogP contribution in [0.25, 0.3) is 0 Å². The first-order valence-electron chi connectivity index (χ1n) is 6.63. The van der Waals surface area contributed by atoms with Crippen molar-refractivity contribution in [1.29, 1.82) is 0 Å². The number of hydrogen-bond donors (Lipinski definition) is 1. The van der Waals surface area contributed by atoms with Crippen molar-refractivity contribution in [2.75, 3.05) is 31.3 Å². The molecule has 8 nitrogen and oxygen atoms in total. The Kier molecular flexibility index (Phi) is 4.24. The summed E-state index contributed by atoms with van der Waals surface area (Å²) in [5.41, 5.74) is 0.499. The molecule has 1 aliphatic rings. The fourth-order valence-electron chi connectivity index (χ4n) is 2.50. The van der Waals surface area contributed by atoms with Crippen molar-refractivity contribution >= 4 is 11.5 Å². The van der Waals surface area contributed by atoms with Gasteiger partial charge < -0.3 is 14.7 Å². The van der Waals surface area contributed by atoms with Crippen LogP contribution in [0.15, 0.2) is 0 Å². The molecule has 1 fully saturated rings. The average Bonchev–Trinajstić information content (AvgIpc) is 2.76. The fraction of sp³-hybridized carbons (Fsp3) is 0.750. The minimum Gasteiger partial charge on any atom is -0.394 e. The monoisotopic (exact) mass is 284 g/mol. The number of aromatic nitrogens is 2. The Morgan fingerprint density at radius 2 is 2.30 bits per heavy atom. The maximum Gasteiger partial charge on any atom is 0.334 e. The molecule has 0 bridgehead atoms. The van der Waals surface area contributed by atoms with Crippen molar-refractivity contribution < 1.29 is 14.8 Å². The minimum absolute atomic E-state index is 0.0304. The summed E-state index contributed by atoms with van der Waals surface area (Å²) in [6.07, 6.45) is 0. The predicted molar refractivity (Wildman–Crippen MR) is 73.0 cm³/mol. The van der Waals surface area contributed by atoms with Gasteiger partial charge in [-0.3, -0.25) is 10.1 Å². The van der Waals surface area contributed by atoms with Crippen molar-refractivity contribution in [3.05, 3.63) is 15.8 Å². The number of aliphatic hydroxyl groups is 1. The van der Waals surface area contributed by atoms with Gasteiger partial charge in [0.15, 0.2) is 0 Å². The number of anilines is 1. The normalized spacial score (nSPS) is 19.6. The molecule has 0 radical (unpaired) electrons. The Morgan fingerprint density at radius 1 is 1.60 bits per heavy atom. The number of hydrogen-bond acceptors (Lipinski definition) is 6. The van der Waals surface area contributed by atoms with E-state index in [4.69, 9.17) is 4.74 Å². The first-order valence-corrected chi connectivity index (χ1v) is 6.63. The van der Waals surface area contributed by atoms with Crippen molar-refractivity contribution in [1.82, 2.24) is 9.78 Å². The maximum atomic E-state index is 11.4. The summed E-state index contributed by atoms with van der Waals surface area (Å²) in [6, 6.07) is -0.280. The smallest absolute Gasteiger partial charge is 0.334 e. The molecular weight excluding hydrogens is 264 g/mol. The minimum atomic E-state index is -0.387. The first-order chi connectivity index (χ1) is 9.47. The van der Waals surface area contributed by atoms with Gasteiger partial charge in [-0.1, -0.05) is 13.8 Å². The number of morpholine rings is 1. The Balaban J connectivity index is 2.51. The zero-order chi connectivity index (χ0) is 14.9. The number of ether oxygens (including phenoxy) is 1. The van der Waals surface area contributed by atoms with Crippen molar-refractivity contribution in [3.63, 3.8) is 0 Å². The Morgan fingerprint density at radius 3 is 2.85 bits per heavy atom. The second-order valence-electron chi connectivity index (χ2n) is 5.20. The van der Waals surface area contributed by atoms with E-state index in [1.54, 1.807) is 7.05 Å². The van der Waals surface area contributed by atoms with E-state index >= 15 is 0 Å². The van der Waals surface area contributed by atoms with Crippen LogP contribution in [-0.2, 0) is 11.8 Å². The summed E-state index contributed by atoms with van der Waals surface area (Å²) >= 11 is 0. The highest BCUT2D eigenvalue weighted by Gasteiger charge is 2.35. The van der Waals surface area contributed by atoms with Crippen molar-refractivity contribution in [2.24, 2.45) is 7.05 Å². The molecule has 20 heavy (non-hydrogen) atoms. The van der Waals surface area contributed by atoms with Crippen molar-refractivity contribution in [2.45, 2.75) is 25.8 Å². The zero-order valence-electron chi connectivity index (χ0n) is 11.9. The van der Waals surface area contributed by atoms with Gasteiger partial charge in [0.05, 0.1) is 30.8 Å². The molecule has 8 heteroatoms. The molecule has 0 amide bonds. The van der Waals surface area contributed by atoms with E-state index in [-0.39, 0.29) is 29.2 Å². The van der Waals surface area contributed by atoms with E-state index < -0.39 is 0 Å². The molecule has 0 saturated carbocycles. The third-order valence-electron chi connectivity index (χ3n) is 3.46. The van der Waals surface area contributed by atoms with E-state index in [9.17, 15) is 15.2 Å². The molecule has 1 unspecified atom stereocenters. The summed E-state index contributed by atoms with van der Waals surface area (Å²) in [7, 11) is 1.69. The summed E-state index contributed by atoms with van der Waals surface area (Å²) in [5.74, 6) is 0.407. The zero-order valence-corrected chi connectivity index (χ0v) is 11.9. The lowest BCUT2D eigenvalue weighted by Crippen LogP contribution is -2.48. The number of aryl methyl sites for hydroxylation is 1. The Bertz CT molecular complexity index is 500. The maximum absolute atomic E-state index is 11.4. The summed E-state index contributed by atoms with van der Waals surface area (Å²) in [5, 5.41) is 25.2. The molecule has 0 aromatic carbocycles. The van der Waals surface area contributed by atoms with Gasteiger partial charge >= 0.3 is 5.69 Å². The molecule has 1 aromatic rings. The van der Waals surface area contributed by atoms with Crippen LogP contribution in [-0.4, -0.2) is 52.2 Å². The molecule has 2 rings (SSSR count). The molecule has 1 aromatic heterocycles. The Labute approximate surface area is 117 Å². The fourth-order valence-corrected chi connectivity index (χ4v) is 2.50. The topological polar surface area (TPSA) is 93.7 Å². The molecule has 1 N–H and O–H groups in total. The molecule has 112 valence electrons. The lowest BCUT2D eigenvalue weighted by Gasteiger charge is -2.35. The van der Waals surface area contributed by atoms with Gasteiger partial charge in [0.25, 0.3) is 0 Å². The average molecular weight is 284 g/mol. The van der Waals surface area contributed by atoms with Gasteiger partial charge in [-0.15, -0.1) is 0 Å². The van der Waals surface area contributed by atoms with Gasteiger partial charge in [-0.25, -0.2) is 4.68 Å². The second kappa shape index (κ2) is 5.76. The van der Waals surface area contributed by atoms with E-state index in [0.29, 0.717) is 31.3 Å². The third kappa shape index (κ3) is 2.48. The quantitative estimate of drug-likeness (QED) is 0.644. The van der Waals surface area contributed by atoms with Crippen LogP contribution in [0.2, 0.25) is 0 Å². The van der Waals surface area contributed by atoms with Gasteiger partial charge in [0.2, 0.25) is 5.82 Å². The lowest BCUT2D eigenvalue weighted by atomic mass is 10.1. The predicted octanol–water partition coefficient (Wildman–Crippen LogP) is 0.649. The van der Waals surface area contributed by atoms with Gasteiger partial charge in [0, 0.05) is 19.5 Å². The molecule has 1 aliphatic heterocycles. The number of aliphatic hydroxyl groups excluding tert-OH is 1. The summed E-state index contributed by atoms with van der Waals surface area (Å²) < 4.78 is 6.85. The third-order valence-corrected chi connectivity index (χ3v) is 3.46. The highest BCUT2D eigenvalue weighted by Crippen LogP contribution is 2.36. The van der Waals surface area contributed by atoms with Gasteiger partial charge in [-0.2, -0.15) is 5.10 Å². The van der Waals surface area contributed by atoms with Crippen LogP contribution < -0.4 is 4.90 Å². The van der Waals surface area contributed by atoms with Crippen LogP contribution in [0.4, 0.5) is 11.5 Å². The molecule has 2 heterocycles. The largest absolute Gasteiger partial charge is 0.394 e. The van der Waals surface area contributed by atoms with E-state index in [0.717, 1.165) is 0 Å². The summed E-state index contributed by atoms with van der Waals surface area (Å²) in [4.78, 5) is 12.9. The highest BCUT2D eigenvalue weighted by atomic mass is 16.6. The molecule has 1 saturated heterocycles. The standard InChI is InChI=1S/C12H20N4O4/c1-8(2)10-11(16(18)19)12(14(3)13-10)15-4-5-20-7-9(15)6-17/h8-9,17H,4-7H2,1-3H3. The van der Waals surface area contributed by atoms with Gasteiger partial charge in [-0.05, 0) is 0 Å². The lowest BCUT2D eigenvalue weighted by molar-refractivity contribution is -0.385. The van der Waals surface area contributed by atoms with Crippen LogP contribution in [0, 0.1) is 10.1 Å². The van der Waals surface area contributed by atoms with Crippen LogP contribution in [0.1, 0.15) is 25.5 Å². The van der Waals surface area contributed by atoms with Crippen LogP contribution in [0.5, 0.6) is 0 Å². The molecular formula is C12H20N4O4. The number of nitrogens with zero attached hydrogens (tertiary/aromatic N) is 4. The Hall–Kier alpha value is -1.67. The highest BCUT2D eigenvalue weighted by molar-refractivity contribution is 5.63.